The van der Waals surface area contributed by atoms with Crippen LogP contribution >= 0.6 is 0 Å². The Labute approximate surface area is 146 Å². The lowest BCUT2D eigenvalue weighted by Crippen LogP contribution is -1.96. The van der Waals surface area contributed by atoms with Crippen LogP contribution in [0.3, 0.4) is 0 Å². The van der Waals surface area contributed by atoms with Crippen molar-refractivity contribution in [3.05, 3.63) is 60.2 Å². The highest BCUT2D eigenvalue weighted by Gasteiger charge is 2.17. The number of oxazole rings is 1. The zero-order valence-electron chi connectivity index (χ0n) is 14.0. The van der Waals surface area contributed by atoms with Gasteiger partial charge in [0.2, 0.25) is 0 Å². The fraction of sp³-hybridized carbons (Fsp3) is 0.211. The molecule has 0 aliphatic heterocycles. The number of rotatable bonds is 5. The number of aromatic nitrogens is 1. The minimum absolute atomic E-state index is 0.243. The minimum atomic E-state index is -3.26. The summed E-state index contributed by atoms with van der Waals surface area (Å²) in [4.78, 5) is 4.78. The first-order valence-corrected chi connectivity index (χ1v) is 9.83. The lowest BCUT2D eigenvalue weighted by Gasteiger charge is -2.03. The van der Waals surface area contributed by atoms with Gasteiger partial charge in [-0.3, -0.25) is 0 Å². The third-order valence-electron chi connectivity index (χ3n) is 3.80. The Kier molecular flexibility index (Phi) is 4.72. The van der Waals surface area contributed by atoms with Gasteiger partial charge in [-0.15, -0.1) is 0 Å². The topological polar surface area (TPSA) is 60.2 Å². The molecule has 2 aromatic carbocycles. The summed E-state index contributed by atoms with van der Waals surface area (Å²) in [6.07, 6.45) is 2.74. The molecule has 130 valence electrons. The maximum atomic E-state index is 13.2. The number of hydrogen-bond acceptors (Lipinski definition) is 4. The third-order valence-corrected chi connectivity index (χ3v) is 4.93. The molecule has 6 heteroatoms. The van der Waals surface area contributed by atoms with Crippen molar-refractivity contribution in [1.82, 2.24) is 4.98 Å². The number of halogens is 1. The molecule has 1 heterocycles. The summed E-state index contributed by atoms with van der Waals surface area (Å²) in [6.45, 7) is 2.03. The Bertz CT molecular complexity index is 975. The van der Waals surface area contributed by atoms with E-state index in [1.165, 1.54) is 18.4 Å². The number of hydrogen-bond donors (Lipinski definition) is 0. The second kappa shape index (κ2) is 6.80. The van der Waals surface area contributed by atoms with Crippen molar-refractivity contribution >= 4 is 9.84 Å². The van der Waals surface area contributed by atoms with Gasteiger partial charge in [-0.05, 0) is 55.0 Å². The predicted molar refractivity (Wildman–Crippen MR) is 94.4 cm³/mol. The molecular weight excluding hydrogens is 341 g/mol. The van der Waals surface area contributed by atoms with E-state index < -0.39 is 9.84 Å². The van der Waals surface area contributed by atoms with Gasteiger partial charge >= 0.3 is 0 Å². The van der Waals surface area contributed by atoms with Crippen molar-refractivity contribution in [2.75, 3.05) is 6.26 Å². The van der Waals surface area contributed by atoms with E-state index in [4.69, 9.17) is 4.42 Å². The smallest absolute Gasteiger partial charge is 0.195 e. The summed E-state index contributed by atoms with van der Waals surface area (Å²) in [6, 6.07) is 12.5. The Hall–Kier alpha value is -2.47. The summed E-state index contributed by atoms with van der Waals surface area (Å²) in [5, 5.41) is 0. The molecular formula is C19H18FNO3S. The Morgan fingerprint density at radius 1 is 1.00 bits per heavy atom. The molecule has 0 fully saturated rings. The highest BCUT2D eigenvalue weighted by atomic mass is 32.2. The average Bonchev–Trinajstić information content (AvgIpc) is 2.99. The van der Waals surface area contributed by atoms with Gasteiger partial charge in [0.15, 0.2) is 21.5 Å². The maximum absolute atomic E-state index is 13.2. The Morgan fingerprint density at radius 3 is 2.16 bits per heavy atom. The second-order valence-electron chi connectivity index (χ2n) is 5.84. The zero-order chi connectivity index (χ0) is 18.0. The lowest BCUT2D eigenvalue weighted by atomic mass is 10.1. The van der Waals surface area contributed by atoms with Crippen molar-refractivity contribution in [3.8, 4) is 22.6 Å². The molecule has 0 radical (unpaired) electrons. The summed E-state index contributed by atoms with van der Waals surface area (Å²) in [5.74, 6) is 0.833. The van der Waals surface area contributed by atoms with Gasteiger partial charge in [0.1, 0.15) is 11.5 Å². The molecule has 0 atom stereocenters. The molecule has 0 saturated heterocycles. The van der Waals surface area contributed by atoms with Gasteiger partial charge in [-0.1, -0.05) is 6.92 Å². The molecule has 25 heavy (non-hydrogen) atoms. The van der Waals surface area contributed by atoms with Crippen LogP contribution in [-0.2, 0) is 16.3 Å². The van der Waals surface area contributed by atoms with Gasteiger partial charge < -0.3 is 4.42 Å². The molecule has 3 rings (SSSR count). The lowest BCUT2D eigenvalue weighted by molar-refractivity contribution is 0.503. The second-order valence-corrected chi connectivity index (χ2v) is 7.85. The summed E-state index contributed by atoms with van der Waals surface area (Å²) in [5.41, 5.74) is 2.09. The van der Waals surface area contributed by atoms with Crippen molar-refractivity contribution in [3.63, 3.8) is 0 Å². The van der Waals surface area contributed by atoms with Crippen LogP contribution in [0.4, 0.5) is 4.39 Å². The van der Waals surface area contributed by atoms with Crippen molar-refractivity contribution in [2.45, 2.75) is 24.7 Å². The van der Waals surface area contributed by atoms with E-state index >= 15 is 0 Å². The summed E-state index contributed by atoms with van der Waals surface area (Å²) >= 11 is 0. The number of benzene rings is 2. The summed E-state index contributed by atoms with van der Waals surface area (Å²) in [7, 11) is -3.26. The molecule has 3 aromatic rings. The third kappa shape index (κ3) is 3.79. The molecule has 0 saturated carbocycles. The van der Waals surface area contributed by atoms with E-state index in [-0.39, 0.29) is 10.7 Å². The zero-order valence-corrected chi connectivity index (χ0v) is 14.8. The molecule has 0 spiro atoms. The van der Waals surface area contributed by atoms with E-state index in [9.17, 15) is 12.8 Å². The van der Waals surface area contributed by atoms with Crippen LogP contribution in [0.15, 0.2) is 57.8 Å². The van der Waals surface area contributed by atoms with Crippen LogP contribution in [0.2, 0.25) is 0 Å². The monoisotopic (exact) mass is 359 g/mol. The van der Waals surface area contributed by atoms with E-state index in [1.807, 2.05) is 6.92 Å². The molecule has 0 aliphatic rings. The van der Waals surface area contributed by atoms with Crippen LogP contribution < -0.4 is 0 Å². The first kappa shape index (κ1) is 17.4. The average molecular weight is 359 g/mol. The van der Waals surface area contributed by atoms with Crippen LogP contribution in [0.25, 0.3) is 22.6 Å². The molecule has 0 amide bonds. The van der Waals surface area contributed by atoms with E-state index in [2.05, 4.69) is 4.98 Å². The summed E-state index contributed by atoms with van der Waals surface area (Å²) < 4.78 is 42.3. The van der Waals surface area contributed by atoms with Crippen LogP contribution in [0, 0.1) is 5.82 Å². The van der Waals surface area contributed by atoms with Crippen LogP contribution in [0.5, 0.6) is 0 Å². The van der Waals surface area contributed by atoms with Gasteiger partial charge in [0.05, 0.1) is 4.90 Å². The first-order chi connectivity index (χ1) is 11.9. The van der Waals surface area contributed by atoms with Crippen molar-refractivity contribution < 1.29 is 17.2 Å². The fourth-order valence-corrected chi connectivity index (χ4v) is 3.17. The van der Waals surface area contributed by atoms with Crippen molar-refractivity contribution in [1.29, 1.82) is 0 Å². The Balaban J connectivity index is 2.09. The minimum Gasteiger partial charge on any atom is -0.440 e. The first-order valence-electron chi connectivity index (χ1n) is 7.94. The maximum Gasteiger partial charge on any atom is 0.195 e. The molecule has 0 N–H and O–H groups in total. The molecule has 0 unspecified atom stereocenters. The normalized spacial score (nSPS) is 11.6. The quantitative estimate of drug-likeness (QED) is 0.673. The highest BCUT2D eigenvalue weighted by molar-refractivity contribution is 7.90. The molecule has 4 nitrogen and oxygen atoms in total. The largest absolute Gasteiger partial charge is 0.440 e. The fourth-order valence-electron chi connectivity index (χ4n) is 2.54. The van der Waals surface area contributed by atoms with E-state index in [0.29, 0.717) is 23.8 Å². The van der Waals surface area contributed by atoms with Gasteiger partial charge in [-0.25, -0.2) is 17.8 Å². The molecule has 1 aromatic heterocycles. The van der Waals surface area contributed by atoms with Crippen LogP contribution in [0.1, 0.15) is 19.2 Å². The number of aryl methyl sites for hydroxylation is 1. The number of nitrogens with zero attached hydrogens (tertiary/aromatic N) is 1. The number of sulfone groups is 1. The SMILES string of the molecule is CCCc1nc(-c2ccc(F)cc2)c(-c2ccc(S(C)(=O)=O)cc2)o1. The van der Waals surface area contributed by atoms with Crippen molar-refractivity contribution in [2.24, 2.45) is 0 Å². The van der Waals surface area contributed by atoms with E-state index in [1.54, 1.807) is 36.4 Å². The van der Waals surface area contributed by atoms with Crippen LogP contribution in [-0.4, -0.2) is 19.7 Å². The highest BCUT2D eigenvalue weighted by Crippen LogP contribution is 2.33. The Morgan fingerprint density at radius 2 is 1.60 bits per heavy atom. The van der Waals surface area contributed by atoms with Gasteiger partial charge in [0.25, 0.3) is 0 Å². The standard InChI is InChI=1S/C19H18FNO3S/c1-3-4-17-21-18(13-5-9-15(20)10-6-13)19(24-17)14-7-11-16(12-8-14)25(2,22)23/h5-12H,3-4H2,1-2H3. The molecule has 0 bridgehead atoms. The van der Waals surface area contributed by atoms with Gasteiger partial charge in [-0.2, -0.15) is 0 Å². The predicted octanol–water partition coefficient (Wildman–Crippen LogP) is 4.50. The molecule has 0 aliphatic carbocycles. The van der Waals surface area contributed by atoms with Gasteiger partial charge in [0, 0.05) is 23.8 Å². The van der Waals surface area contributed by atoms with E-state index in [0.717, 1.165) is 17.5 Å².